The fraction of sp³-hybridized carbons (Fsp3) is 0.625. The molecule has 0 amide bonds. The fourth-order valence-corrected chi connectivity index (χ4v) is 3.16. The summed E-state index contributed by atoms with van der Waals surface area (Å²) >= 11 is 0. The normalized spacial score (nSPS) is 24.8. The van der Waals surface area contributed by atoms with E-state index in [1.165, 1.54) is 12.8 Å². The van der Waals surface area contributed by atoms with E-state index in [1.807, 2.05) is 0 Å². The monoisotopic (exact) mass is 291 g/mol. The molecule has 2 rings (SSSR count). The van der Waals surface area contributed by atoms with Crippen molar-refractivity contribution in [2.75, 3.05) is 17.7 Å². The topological polar surface area (TPSA) is 77.2 Å². The number of nitrogen functional groups attached to an aromatic ring is 1. The van der Waals surface area contributed by atoms with Gasteiger partial charge in [-0.05, 0) is 37.7 Å². The minimum atomic E-state index is -0.377. The number of aromatic nitrogens is 1. The highest BCUT2D eigenvalue weighted by Gasteiger charge is 2.32. The smallest absolute Gasteiger partial charge is 0.341 e. The van der Waals surface area contributed by atoms with Crippen molar-refractivity contribution in [1.29, 1.82) is 0 Å². The van der Waals surface area contributed by atoms with Gasteiger partial charge in [0.15, 0.2) is 0 Å². The van der Waals surface area contributed by atoms with Crippen LogP contribution in [0.25, 0.3) is 0 Å². The van der Waals surface area contributed by atoms with Crippen LogP contribution in [0.3, 0.4) is 0 Å². The van der Waals surface area contributed by atoms with Crippen molar-refractivity contribution in [3.63, 3.8) is 0 Å². The summed E-state index contributed by atoms with van der Waals surface area (Å²) in [5.41, 5.74) is 6.63. The maximum Gasteiger partial charge on any atom is 0.341 e. The highest BCUT2D eigenvalue weighted by Crippen LogP contribution is 2.36. The number of anilines is 2. The van der Waals surface area contributed by atoms with Gasteiger partial charge >= 0.3 is 5.97 Å². The molecule has 0 aliphatic heterocycles. The maximum absolute atomic E-state index is 12.0. The molecule has 0 bridgehead atoms. The quantitative estimate of drug-likeness (QED) is 0.815. The molecule has 1 saturated carbocycles. The second kappa shape index (κ2) is 6.78. The van der Waals surface area contributed by atoms with Crippen LogP contribution in [0.15, 0.2) is 12.3 Å². The number of ether oxygens (including phenoxy) is 1. The molecule has 116 valence electrons. The minimum absolute atomic E-state index is 0.338. The molecule has 5 nitrogen and oxygen atoms in total. The van der Waals surface area contributed by atoms with Crippen molar-refractivity contribution in [2.24, 2.45) is 11.8 Å². The Labute approximate surface area is 126 Å². The standard InChI is InChI=1S/C16H25N3O2/c1-4-11-6-7-14(10(11)3)19-15-13(16(20)21-5-2)8-12(17)9-18-15/h8-11,14H,4-7,17H2,1-3H3,(H,18,19). The van der Waals surface area contributed by atoms with E-state index >= 15 is 0 Å². The third kappa shape index (κ3) is 3.46. The zero-order chi connectivity index (χ0) is 15.4. The van der Waals surface area contributed by atoms with Crippen molar-refractivity contribution in [1.82, 2.24) is 4.98 Å². The van der Waals surface area contributed by atoms with Crippen molar-refractivity contribution in [2.45, 2.75) is 46.1 Å². The Morgan fingerprint density at radius 3 is 2.86 bits per heavy atom. The molecular weight excluding hydrogens is 266 g/mol. The molecule has 1 aromatic rings. The second-order valence-electron chi connectivity index (χ2n) is 5.74. The molecule has 21 heavy (non-hydrogen) atoms. The van der Waals surface area contributed by atoms with E-state index in [9.17, 15) is 4.79 Å². The van der Waals surface area contributed by atoms with Crippen molar-refractivity contribution >= 4 is 17.5 Å². The highest BCUT2D eigenvalue weighted by atomic mass is 16.5. The largest absolute Gasteiger partial charge is 0.462 e. The fourth-order valence-electron chi connectivity index (χ4n) is 3.16. The molecule has 1 heterocycles. The summed E-state index contributed by atoms with van der Waals surface area (Å²) in [4.78, 5) is 16.3. The van der Waals surface area contributed by atoms with E-state index in [2.05, 4.69) is 24.1 Å². The van der Waals surface area contributed by atoms with Gasteiger partial charge in [-0.1, -0.05) is 20.3 Å². The Kier molecular flexibility index (Phi) is 5.04. The molecular formula is C16H25N3O2. The third-order valence-electron chi connectivity index (χ3n) is 4.48. The Morgan fingerprint density at radius 2 is 2.24 bits per heavy atom. The molecule has 1 fully saturated rings. The predicted molar refractivity (Wildman–Crippen MR) is 84.2 cm³/mol. The van der Waals surface area contributed by atoms with Gasteiger partial charge in [-0.15, -0.1) is 0 Å². The van der Waals surface area contributed by atoms with Crippen LogP contribution in [0, 0.1) is 11.8 Å². The van der Waals surface area contributed by atoms with E-state index < -0.39 is 0 Å². The van der Waals surface area contributed by atoms with Crippen LogP contribution in [0.1, 0.15) is 50.4 Å². The number of nitrogens with two attached hydrogens (primary N) is 1. The number of carbonyl (C=O) groups is 1. The summed E-state index contributed by atoms with van der Waals surface area (Å²) in [5.74, 6) is 1.51. The first kappa shape index (κ1) is 15.6. The van der Waals surface area contributed by atoms with Gasteiger partial charge in [0.1, 0.15) is 11.4 Å². The molecule has 0 saturated heterocycles. The summed E-state index contributed by atoms with van der Waals surface area (Å²) in [6.45, 7) is 6.62. The van der Waals surface area contributed by atoms with Crippen LogP contribution >= 0.6 is 0 Å². The number of rotatable bonds is 5. The van der Waals surface area contributed by atoms with Gasteiger partial charge in [0.2, 0.25) is 0 Å². The minimum Gasteiger partial charge on any atom is -0.462 e. The van der Waals surface area contributed by atoms with E-state index in [0.29, 0.717) is 35.6 Å². The average Bonchev–Trinajstić information content (AvgIpc) is 2.81. The van der Waals surface area contributed by atoms with Crippen LogP contribution in [0.2, 0.25) is 0 Å². The second-order valence-corrected chi connectivity index (χ2v) is 5.74. The molecule has 3 N–H and O–H groups in total. The molecule has 0 spiro atoms. The zero-order valence-electron chi connectivity index (χ0n) is 13.1. The van der Waals surface area contributed by atoms with Crippen molar-refractivity contribution in [3.8, 4) is 0 Å². The van der Waals surface area contributed by atoms with E-state index in [4.69, 9.17) is 10.5 Å². The lowest BCUT2D eigenvalue weighted by atomic mass is 9.93. The molecule has 3 unspecified atom stereocenters. The van der Waals surface area contributed by atoms with Gasteiger partial charge < -0.3 is 15.8 Å². The Hall–Kier alpha value is -1.78. The summed E-state index contributed by atoms with van der Waals surface area (Å²) in [6, 6.07) is 1.98. The Bertz CT molecular complexity index is 504. The van der Waals surface area contributed by atoms with Crippen molar-refractivity contribution in [3.05, 3.63) is 17.8 Å². The van der Waals surface area contributed by atoms with Gasteiger partial charge in [0.25, 0.3) is 0 Å². The Morgan fingerprint density at radius 1 is 1.48 bits per heavy atom. The molecule has 0 radical (unpaired) electrons. The van der Waals surface area contributed by atoms with E-state index in [1.54, 1.807) is 19.2 Å². The number of nitrogens with zero attached hydrogens (tertiary/aromatic N) is 1. The highest BCUT2D eigenvalue weighted by molar-refractivity contribution is 5.95. The molecule has 0 aromatic carbocycles. The van der Waals surface area contributed by atoms with E-state index in [-0.39, 0.29) is 5.97 Å². The van der Waals surface area contributed by atoms with Crippen LogP contribution < -0.4 is 11.1 Å². The summed E-state index contributed by atoms with van der Waals surface area (Å²) in [6.07, 6.45) is 5.09. The lowest BCUT2D eigenvalue weighted by Crippen LogP contribution is -2.26. The van der Waals surface area contributed by atoms with Gasteiger partial charge in [-0.2, -0.15) is 0 Å². The summed E-state index contributed by atoms with van der Waals surface area (Å²) in [7, 11) is 0. The number of hydrogen-bond acceptors (Lipinski definition) is 5. The van der Waals surface area contributed by atoms with Gasteiger partial charge in [-0.25, -0.2) is 9.78 Å². The molecule has 1 aromatic heterocycles. The van der Waals surface area contributed by atoms with Crippen molar-refractivity contribution < 1.29 is 9.53 Å². The number of carbonyl (C=O) groups excluding carboxylic acids is 1. The first-order valence-corrected chi connectivity index (χ1v) is 7.76. The van der Waals surface area contributed by atoms with Gasteiger partial charge in [0.05, 0.1) is 18.5 Å². The summed E-state index contributed by atoms with van der Waals surface area (Å²) in [5, 5.41) is 3.42. The van der Waals surface area contributed by atoms with Gasteiger partial charge in [0, 0.05) is 6.04 Å². The van der Waals surface area contributed by atoms with Crippen LogP contribution in [0.5, 0.6) is 0 Å². The lowest BCUT2D eigenvalue weighted by molar-refractivity contribution is 0.0527. The van der Waals surface area contributed by atoms with Crippen LogP contribution in [-0.4, -0.2) is 23.6 Å². The number of nitrogens with one attached hydrogen (secondary N) is 1. The first-order valence-electron chi connectivity index (χ1n) is 7.76. The molecule has 1 aliphatic carbocycles. The van der Waals surface area contributed by atoms with Gasteiger partial charge in [-0.3, -0.25) is 0 Å². The maximum atomic E-state index is 12.0. The molecule has 3 atom stereocenters. The molecule has 1 aliphatic rings. The predicted octanol–water partition coefficient (Wildman–Crippen LogP) is 3.08. The van der Waals surface area contributed by atoms with Crippen LogP contribution in [0.4, 0.5) is 11.5 Å². The zero-order valence-corrected chi connectivity index (χ0v) is 13.1. The summed E-state index contributed by atoms with van der Waals surface area (Å²) < 4.78 is 5.08. The number of hydrogen-bond donors (Lipinski definition) is 2. The lowest BCUT2D eigenvalue weighted by Gasteiger charge is -2.22. The number of esters is 1. The van der Waals surface area contributed by atoms with E-state index in [0.717, 1.165) is 12.3 Å². The first-order chi connectivity index (χ1) is 10.1. The molecule has 5 heteroatoms. The van der Waals surface area contributed by atoms with Crippen LogP contribution in [-0.2, 0) is 4.74 Å². The third-order valence-corrected chi connectivity index (χ3v) is 4.48. The SMILES string of the molecule is CCOC(=O)c1cc(N)cnc1NC1CCC(CC)C1C. The number of pyridine rings is 1. The average molecular weight is 291 g/mol. The Balaban J connectivity index is 2.18.